The van der Waals surface area contributed by atoms with Gasteiger partial charge in [-0.25, -0.2) is 0 Å². The molecule has 1 aromatic heterocycles. The van der Waals surface area contributed by atoms with Crippen LogP contribution in [0, 0.1) is 10.7 Å². The highest BCUT2D eigenvalue weighted by Gasteiger charge is 2.22. The summed E-state index contributed by atoms with van der Waals surface area (Å²) in [7, 11) is 1.70. The second kappa shape index (κ2) is 5.00. The van der Waals surface area contributed by atoms with E-state index in [4.69, 9.17) is 17.0 Å². The molecular weight excluding hydrogens is 256 g/mol. The maximum Gasteiger partial charge on any atom is 0.178 e. The first-order chi connectivity index (χ1) is 9.19. The average molecular weight is 276 g/mol. The molecule has 19 heavy (non-hydrogen) atoms. The first kappa shape index (κ1) is 12.7. The van der Waals surface area contributed by atoms with Crippen LogP contribution in [0.25, 0.3) is 11.0 Å². The van der Waals surface area contributed by atoms with Gasteiger partial charge in [-0.2, -0.15) is 0 Å². The minimum atomic E-state index is 0.525. The fraction of sp³-hybridized carbons (Fsp3) is 0.533. The number of aromatic amines is 1. The SMILES string of the molecule is COc1ccc2[nH]c(=S)n(C3CCCC(C)C3)c2c1. The Morgan fingerprint density at radius 1 is 1.37 bits per heavy atom. The number of H-pyrrole nitrogens is 1. The standard InChI is InChI=1S/C15H20N2OS/c1-10-4-3-5-11(8-10)17-14-9-12(18-2)6-7-13(14)16-15(17)19/h6-7,9-11H,3-5,8H2,1-2H3,(H,16,19). The zero-order valence-corrected chi connectivity index (χ0v) is 12.3. The topological polar surface area (TPSA) is 29.9 Å². The number of nitrogens with zero attached hydrogens (tertiary/aromatic N) is 1. The third kappa shape index (κ3) is 2.29. The van der Waals surface area contributed by atoms with E-state index >= 15 is 0 Å². The third-order valence-electron chi connectivity index (χ3n) is 4.20. The minimum Gasteiger partial charge on any atom is -0.497 e. The molecule has 1 aliphatic rings. The lowest BCUT2D eigenvalue weighted by Crippen LogP contribution is -2.17. The molecule has 2 atom stereocenters. The molecule has 102 valence electrons. The van der Waals surface area contributed by atoms with Crippen LogP contribution in [0.5, 0.6) is 5.75 Å². The normalized spacial score (nSPS) is 23.7. The molecule has 0 radical (unpaired) electrons. The van der Waals surface area contributed by atoms with Crippen molar-refractivity contribution >= 4 is 23.3 Å². The average Bonchev–Trinajstić information content (AvgIpc) is 2.73. The Balaban J connectivity index is 2.10. The van der Waals surface area contributed by atoms with E-state index in [1.54, 1.807) is 7.11 Å². The monoisotopic (exact) mass is 276 g/mol. The van der Waals surface area contributed by atoms with Gasteiger partial charge in [0.1, 0.15) is 5.75 Å². The summed E-state index contributed by atoms with van der Waals surface area (Å²) in [4.78, 5) is 3.31. The number of methoxy groups -OCH3 is 1. The van der Waals surface area contributed by atoms with Crippen molar-refractivity contribution in [3.8, 4) is 5.75 Å². The molecular formula is C15H20N2OS. The van der Waals surface area contributed by atoms with Crippen LogP contribution in [0.15, 0.2) is 18.2 Å². The second-order valence-corrected chi connectivity index (χ2v) is 6.00. The summed E-state index contributed by atoms with van der Waals surface area (Å²) in [6.07, 6.45) is 5.08. The Morgan fingerprint density at radius 2 is 2.21 bits per heavy atom. The highest BCUT2D eigenvalue weighted by molar-refractivity contribution is 7.71. The molecule has 3 rings (SSSR count). The number of aromatic nitrogens is 2. The van der Waals surface area contributed by atoms with Gasteiger partial charge < -0.3 is 14.3 Å². The summed E-state index contributed by atoms with van der Waals surface area (Å²) in [5.74, 6) is 1.68. The molecule has 0 spiro atoms. The lowest BCUT2D eigenvalue weighted by molar-refractivity contribution is 0.285. The number of fused-ring (bicyclic) bond motifs is 1. The van der Waals surface area contributed by atoms with Crippen molar-refractivity contribution in [3.05, 3.63) is 23.0 Å². The molecule has 1 fully saturated rings. The molecule has 1 saturated carbocycles. The summed E-state index contributed by atoms with van der Waals surface area (Å²) in [5.41, 5.74) is 2.27. The van der Waals surface area contributed by atoms with E-state index in [0.717, 1.165) is 22.0 Å². The summed E-state index contributed by atoms with van der Waals surface area (Å²) in [5, 5.41) is 0. The van der Waals surface area contributed by atoms with E-state index in [9.17, 15) is 0 Å². The van der Waals surface area contributed by atoms with Gasteiger partial charge in [0, 0.05) is 12.1 Å². The largest absolute Gasteiger partial charge is 0.497 e. The Hall–Kier alpha value is -1.29. The van der Waals surface area contributed by atoms with Gasteiger partial charge in [0.05, 0.1) is 18.1 Å². The van der Waals surface area contributed by atoms with E-state index in [-0.39, 0.29) is 0 Å². The number of benzene rings is 1. The first-order valence-electron chi connectivity index (χ1n) is 6.97. The van der Waals surface area contributed by atoms with E-state index in [0.29, 0.717) is 6.04 Å². The quantitative estimate of drug-likeness (QED) is 0.821. The number of ether oxygens (including phenoxy) is 1. The van der Waals surface area contributed by atoms with Crippen molar-refractivity contribution in [2.75, 3.05) is 7.11 Å². The summed E-state index contributed by atoms with van der Waals surface area (Å²) in [6, 6.07) is 6.63. The van der Waals surface area contributed by atoms with Crippen LogP contribution in [0.2, 0.25) is 0 Å². The van der Waals surface area contributed by atoms with Crippen molar-refractivity contribution in [2.24, 2.45) is 5.92 Å². The number of imidazole rings is 1. The minimum absolute atomic E-state index is 0.525. The van der Waals surface area contributed by atoms with Crippen LogP contribution in [-0.4, -0.2) is 16.7 Å². The molecule has 0 aliphatic heterocycles. The molecule has 0 bridgehead atoms. The first-order valence-corrected chi connectivity index (χ1v) is 7.38. The molecule has 1 heterocycles. The van der Waals surface area contributed by atoms with Gasteiger partial charge in [-0.15, -0.1) is 0 Å². The van der Waals surface area contributed by atoms with Crippen molar-refractivity contribution < 1.29 is 4.74 Å². The van der Waals surface area contributed by atoms with E-state index in [2.05, 4.69) is 22.5 Å². The predicted octanol–water partition coefficient (Wildman–Crippen LogP) is 4.46. The smallest absolute Gasteiger partial charge is 0.178 e. The van der Waals surface area contributed by atoms with Crippen LogP contribution >= 0.6 is 12.2 Å². The Kier molecular flexibility index (Phi) is 3.35. The molecule has 0 saturated heterocycles. The van der Waals surface area contributed by atoms with Crippen molar-refractivity contribution in [3.63, 3.8) is 0 Å². The molecule has 2 aromatic rings. The van der Waals surface area contributed by atoms with E-state index < -0.39 is 0 Å². The highest BCUT2D eigenvalue weighted by atomic mass is 32.1. The van der Waals surface area contributed by atoms with Crippen molar-refractivity contribution in [1.82, 2.24) is 9.55 Å². The number of nitrogens with one attached hydrogen (secondary N) is 1. The Morgan fingerprint density at radius 3 is 2.95 bits per heavy atom. The summed E-state index contributed by atoms with van der Waals surface area (Å²) in [6.45, 7) is 2.34. The van der Waals surface area contributed by atoms with Gasteiger partial charge in [-0.1, -0.05) is 19.8 Å². The molecule has 2 unspecified atom stereocenters. The van der Waals surface area contributed by atoms with Gasteiger partial charge in [0.2, 0.25) is 0 Å². The van der Waals surface area contributed by atoms with E-state index in [1.807, 2.05) is 12.1 Å². The lowest BCUT2D eigenvalue weighted by Gasteiger charge is -2.28. The maximum absolute atomic E-state index is 5.52. The molecule has 0 amide bonds. The number of hydrogen-bond donors (Lipinski definition) is 1. The van der Waals surface area contributed by atoms with Gasteiger partial charge in [-0.05, 0) is 43.1 Å². The lowest BCUT2D eigenvalue weighted by atomic mass is 9.87. The second-order valence-electron chi connectivity index (χ2n) is 5.61. The van der Waals surface area contributed by atoms with Crippen molar-refractivity contribution in [1.29, 1.82) is 0 Å². The zero-order valence-electron chi connectivity index (χ0n) is 11.5. The van der Waals surface area contributed by atoms with Crippen LogP contribution < -0.4 is 4.74 Å². The predicted molar refractivity (Wildman–Crippen MR) is 80.3 cm³/mol. The fourth-order valence-corrected chi connectivity index (χ4v) is 3.58. The molecule has 4 heteroatoms. The Bertz CT molecular complexity index is 643. The molecule has 1 N–H and O–H groups in total. The Labute approximate surface area is 118 Å². The highest BCUT2D eigenvalue weighted by Crippen LogP contribution is 2.35. The maximum atomic E-state index is 5.52. The third-order valence-corrected chi connectivity index (χ3v) is 4.50. The molecule has 1 aliphatic carbocycles. The van der Waals surface area contributed by atoms with Crippen LogP contribution in [0.1, 0.15) is 38.6 Å². The van der Waals surface area contributed by atoms with Crippen LogP contribution in [0.4, 0.5) is 0 Å². The van der Waals surface area contributed by atoms with Crippen LogP contribution in [-0.2, 0) is 0 Å². The summed E-state index contributed by atoms with van der Waals surface area (Å²) < 4.78 is 8.46. The zero-order chi connectivity index (χ0) is 13.4. The number of hydrogen-bond acceptors (Lipinski definition) is 2. The summed E-state index contributed by atoms with van der Waals surface area (Å²) >= 11 is 5.52. The molecule has 3 nitrogen and oxygen atoms in total. The van der Waals surface area contributed by atoms with Gasteiger partial charge in [0.15, 0.2) is 4.77 Å². The van der Waals surface area contributed by atoms with Gasteiger partial charge in [0.25, 0.3) is 0 Å². The number of rotatable bonds is 2. The van der Waals surface area contributed by atoms with Crippen molar-refractivity contribution in [2.45, 2.75) is 38.6 Å². The van der Waals surface area contributed by atoms with Gasteiger partial charge in [-0.3, -0.25) is 0 Å². The van der Waals surface area contributed by atoms with Crippen LogP contribution in [0.3, 0.4) is 0 Å². The molecule has 1 aromatic carbocycles. The van der Waals surface area contributed by atoms with Gasteiger partial charge >= 0.3 is 0 Å². The fourth-order valence-electron chi connectivity index (χ4n) is 3.23. The van der Waals surface area contributed by atoms with E-state index in [1.165, 1.54) is 31.2 Å².